The Morgan fingerprint density at radius 1 is 1.22 bits per heavy atom. The first-order valence-electron chi connectivity index (χ1n) is 8.83. The van der Waals surface area contributed by atoms with Gasteiger partial charge in [-0.15, -0.1) is 5.10 Å². The van der Waals surface area contributed by atoms with Crippen LogP contribution in [-0.4, -0.2) is 41.5 Å². The average molecular weight is 417 g/mol. The van der Waals surface area contributed by atoms with E-state index in [9.17, 15) is 8.42 Å². The van der Waals surface area contributed by atoms with Crippen molar-refractivity contribution >= 4 is 21.6 Å². The molecule has 0 radical (unpaired) electrons. The second-order valence-electron chi connectivity index (χ2n) is 6.01. The van der Waals surface area contributed by atoms with Crippen LogP contribution in [0.4, 0.5) is 0 Å². The van der Waals surface area contributed by atoms with Crippen LogP contribution in [0.5, 0.6) is 6.01 Å². The van der Waals surface area contributed by atoms with Crippen molar-refractivity contribution in [3.05, 3.63) is 35.1 Å². The quantitative estimate of drug-likeness (QED) is 0.545. The number of aliphatic hydroxyl groups excluding tert-OH is 1. The number of hydrogen-bond acceptors (Lipinski definition) is 6. The molecule has 0 saturated heterocycles. The lowest BCUT2D eigenvalue weighted by molar-refractivity contribution is 0.250. The summed E-state index contributed by atoms with van der Waals surface area (Å²) >= 11 is 5.81. The first kappa shape index (κ1) is 21.6. The molecule has 1 atom stereocenters. The van der Waals surface area contributed by atoms with E-state index in [0.717, 1.165) is 19.3 Å². The van der Waals surface area contributed by atoms with E-state index in [-0.39, 0.29) is 11.5 Å². The summed E-state index contributed by atoms with van der Waals surface area (Å²) in [5, 5.41) is 17.4. The molecule has 2 aromatic rings. The Morgan fingerprint density at radius 3 is 2.56 bits per heavy atom. The molecule has 10 heteroatoms. The summed E-state index contributed by atoms with van der Waals surface area (Å²) in [5.41, 5.74) is 0. The zero-order valence-corrected chi connectivity index (χ0v) is 17.0. The van der Waals surface area contributed by atoms with Gasteiger partial charge in [0.1, 0.15) is 0 Å². The van der Waals surface area contributed by atoms with Gasteiger partial charge < -0.3 is 9.84 Å². The molecule has 150 valence electrons. The fourth-order valence-electron chi connectivity index (χ4n) is 2.55. The van der Waals surface area contributed by atoms with Crippen LogP contribution in [-0.2, 0) is 16.6 Å². The van der Waals surface area contributed by atoms with Gasteiger partial charge in [0.25, 0.3) is 0 Å². The van der Waals surface area contributed by atoms with Crippen LogP contribution in [0.1, 0.15) is 45.0 Å². The van der Waals surface area contributed by atoms with Crippen LogP contribution in [0.25, 0.3) is 0 Å². The van der Waals surface area contributed by atoms with Crippen molar-refractivity contribution in [3.63, 3.8) is 0 Å². The van der Waals surface area contributed by atoms with Crippen molar-refractivity contribution in [2.24, 2.45) is 0 Å². The van der Waals surface area contributed by atoms with E-state index in [4.69, 9.17) is 21.4 Å². The van der Waals surface area contributed by atoms with Gasteiger partial charge in [0.15, 0.2) is 5.82 Å². The van der Waals surface area contributed by atoms with Gasteiger partial charge in [0.05, 0.1) is 17.5 Å². The largest absolute Gasteiger partial charge is 0.464 e. The fraction of sp³-hybridized carbons (Fsp3) is 0.529. The number of nitrogens with zero attached hydrogens (tertiary/aromatic N) is 3. The van der Waals surface area contributed by atoms with Crippen molar-refractivity contribution in [2.75, 3.05) is 13.2 Å². The number of sulfonamides is 1. The minimum atomic E-state index is -3.72. The van der Waals surface area contributed by atoms with E-state index in [1.165, 1.54) is 24.3 Å². The van der Waals surface area contributed by atoms with Gasteiger partial charge >= 0.3 is 6.01 Å². The number of aliphatic hydroxyl groups is 1. The lowest BCUT2D eigenvalue weighted by Crippen LogP contribution is -2.29. The molecule has 0 fully saturated rings. The standard InChI is InChI=1S/C17H25ClN4O4S/c1-3-22-16(19-20-17(22)26-12-6-4-5-11-23)13(2)21-27(24,25)15-9-7-14(18)8-10-15/h7-10,13,21,23H,3-6,11-12H2,1-2H3/t13-/m1/s1. The van der Waals surface area contributed by atoms with E-state index in [2.05, 4.69) is 14.9 Å². The second kappa shape index (κ2) is 10.0. The number of rotatable bonds is 11. The van der Waals surface area contributed by atoms with E-state index in [0.29, 0.717) is 30.0 Å². The number of benzene rings is 1. The maximum atomic E-state index is 12.5. The Bertz CT molecular complexity index is 824. The highest BCUT2D eigenvalue weighted by molar-refractivity contribution is 7.89. The van der Waals surface area contributed by atoms with Crippen LogP contribution in [0.3, 0.4) is 0 Å². The first-order chi connectivity index (χ1) is 12.9. The van der Waals surface area contributed by atoms with Gasteiger partial charge in [0.2, 0.25) is 10.0 Å². The lowest BCUT2D eigenvalue weighted by atomic mass is 10.2. The van der Waals surface area contributed by atoms with Crippen molar-refractivity contribution in [2.45, 2.75) is 50.6 Å². The molecular weight excluding hydrogens is 392 g/mol. The Kier molecular flexibility index (Phi) is 8.03. The Hall–Kier alpha value is -1.68. The van der Waals surface area contributed by atoms with E-state index < -0.39 is 16.1 Å². The molecular formula is C17H25ClN4O4S. The summed E-state index contributed by atoms with van der Waals surface area (Å²) < 4.78 is 35.1. The topological polar surface area (TPSA) is 106 Å². The second-order valence-corrected chi connectivity index (χ2v) is 8.17. The van der Waals surface area contributed by atoms with Crippen molar-refractivity contribution < 1.29 is 18.3 Å². The number of unbranched alkanes of at least 4 members (excludes halogenated alkanes) is 2. The summed E-state index contributed by atoms with van der Waals surface area (Å²) in [6, 6.07) is 5.71. The van der Waals surface area contributed by atoms with E-state index in [1.807, 2.05) is 6.92 Å². The molecule has 1 aromatic heterocycles. The van der Waals surface area contributed by atoms with Gasteiger partial charge in [-0.2, -0.15) is 0 Å². The lowest BCUT2D eigenvalue weighted by Gasteiger charge is -2.15. The summed E-state index contributed by atoms with van der Waals surface area (Å²) in [5.74, 6) is 0.473. The number of ether oxygens (including phenoxy) is 1. The predicted octanol–water partition coefficient (Wildman–Crippen LogP) is 2.53. The van der Waals surface area contributed by atoms with Crippen molar-refractivity contribution in [1.29, 1.82) is 0 Å². The molecule has 0 amide bonds. The smallest absolute Gasteiger partial charge is 0.316 e. The van der Waals surface area contributed by atoms with Crippen LogP contribution < -0.4 is 9.46 Å². The van der Waals surface area contributed by atoms with Gasteiger partial charge in [-0.05, 0) is 57.4 Å². The maximum absolute atomic E-state index is 12.5. The molecule has 1 aromatic carbocycles. The molecule has 1 heterocycles. The maximum Gasteiger partial charge on any atom is 0.316 e. The molecule has 27 heavy (non-hydrogen) atoms. The Balaban J connectivity index is 2.07. The highest BCUT2D eigenvalue weighted by atomic mass is 35.5. The van der Waals surface area contributed by atoms with Gasteiger partial charge in [-0.25, -0.2) is 13.1 Å². The molecule has 0 aliphatic carbocycles. The number of aromatic nitrogens is 3. The van der Waals surface area contributed by atoms with E-state index in [1.54, 1.807) is 11.5 Å². The fourth-order valence-corrected chi connectivity index (χ4v) is 3.87. The number of hydrogen-bond donors (Lipinski definition) is 2. The third-order valence-electron chi connectivity index (χ3n) is 3.94. The average Bonchev–Trinajstić information content (AvgIpc) is 3.04. The summed E-state index contributed by atoms with van der Waals surface area (Å²) in [6.07, 6.45) is 2.39. The Morgan fingerprint density at radius 2 is 1.93 bits per heavy atom. The zero-order chi connectivity index (χ0) is 19.9. The molecule has 2 N–H and O–H groups in total. The third kappa shape index (κ3) is 5.90. The van der Waals surface area contributed by atoms with Crippen LogP contribution in [0, 0.1) is 0 Å². The van der Waals surface area contributed by atoms with E-state index >= 15 is 0 Å². The molecule has 0 aliphatic rings. The molecule has 0 bridgehead atoms. The molecule has 0 saturated carbocycles. The zero-order valence-electron chi connectivity index (χ0n) is 15.4. The molecule has 8 nitrogen and oxygen atoms in total. The van der Waals surface area contributed by atoms with Crippen LogP contribution >= 0.6 is 11.6 Å². The Labute approximate surface area is 164 Å². The molecule has 2 rings (SSSR count). The normalized spacial score (nSPS) is 12.9. The van der Waals surface area contributed by atoms with Gasteiger partial charge in [-0.3, -0.25) is 4.57 Å². The van der Waals surface area contributed by atoms with Crippen LogP contribution in [0.15, 0.2) is 29.2 Å². The minimum absolute atomic E-state index is 0.127. The number of halogens is 1. The minimum Gasteiger partial charge on any atom is -0.464 e. The predicted molar refractivity (Wildman–Crippen MR) is 102 cm³/mol. The monoisotopic (exact) mass is 416 g/mol. The molecule has 0 aliphatic heterocycles. The summed E-state index contributed by atoms with van der Waals surface area (Å²) in [7, 11) is -3.72. The summed E-state index contributed by atoms with van der Waals surface area (Å²) in [6.45, 7) is 4.78. The van der Waals surface area contributed by atoms with Crippen LogP contribution in [0.2, 0.25) is 5.02 Å². The molecule has 0 spiro atoms. The van der Waals surface area contributed by atoms with Gasteiger partial charge in [0, 0.05) is 18.2 Å². The highest BCUT2D eigenvalue weighted by Gasteiger charge is 2.23. The molecule has 0 unspecified atom stereocenters. The SMILES string of the molecule is CCn1c(OCCCCCO)nnc1[C@@H](C)NS(=O)(=O)c1ccc(Cl)cc1. The van der Waals surface area contributed by atoms with Crippen molar-refractivity contribution in [1.82, 2.24) is 19.5 Å². The first-order valence-corrected chi connectivity index (χ1v) is 10.7. The number of nitrogens with one attached hydrogen (secondary N) is 1. The summed E-state index contributed by atoms with van der Waals surface area (Å²) in [4.78, 5) is 0.127. The highest BCUT2D eigenvalue weighted by Crippen LogP contribution is 2.20. The van der Waals surface area contributed by atoms with Crippen molar-refractivity contribution in [3.8, 4) is 6.01 Å². The van der Waals surface area contributed by atoms with Gasteiger partial charge in [-0.1, -0.05) is 16.7 Å². The third-order valence-corrected chi connectivity index (χ3v) is 5.75.